The standard InChI is InChI=1S/C23H20FN7O2S/c1-14(32)30-6-8-31(9-7-30)22(33)16-3-5-20(25-11-16)28-23-26-12-17(24)21(29-23)15-2-4-18-19(10-15)34-13-27-18/h2-5,10-13H,6-9H2,1H3,(H,25,26,28,29). The molecule has 34 heavy (non-hydrogen) atoms. The smallest absolute Gasteiger partial charge is 0.255 e. The molecule has 0 atom stereocenters. The fourth-order valence-electron chi connectivity index (χ4n) is 3.75. The van der Waals surface area contributed by atoms with Crippen molar-refractivity contribution in [3.8, 4) is 11.3 Å². The average Bonchev–Trinajstić information content (AvgIpc) is 3.33. The molecule has 2 amide bonds. The molecule has 0 spiro atoms. The number of benzene rings is 1. The Labute approximate surface area is 198 Å². The van der Waals surface area contributed by atoms with Gasteiger partial charge in [0.25, 0.3) is 5.91 Å². The van der Waals surface area contributed by atoms with E-state index in [1.165, 1.54) is 24.5 Å². The zero-order valence-corrected chi connectivity index (χ0v) is 19.0. The van der Waals surface area contributed by atoms with E-state index in [1.54, 1.807) is 33.5 Å². The number of fused-ring (bicyclic) bond motifs is 1. The number of pyridine rings is 1. The minimum Gasteiger partial charge on any atom is -0.339 e. The molecule has 1 aromatic carbocycles. The third-order valence-corrected chi connectivity index (χ3v) is 6.40. The van der Waals surface area contributed by atoms with Crippen LogP contribution in [0.1, 0.15) is 17.3 Å². The number of anilines is 2. The van der Waals surface area contributed by atoms with Gasteiger partial charge in [0, 0.05) is 44.9 Å². The first-order valence-corrected chi connectivity index (χ1v) is 11.5. The summed E-state index contributed by atoms with van der Waals surface area (Å²) in [6.45, 7) is 3.54. The normalized spacial score (nSPS) is 13.8. The highest BCUT2D eigenvalue weighted by molar-refractivity contribution is 7.16. The van der Waals surface area contributed by atoms with E-state index in [4.69, 9.17) is 0 Å². The third-order valence-electron chi connectivity index (χ3n) is 5.61. The van der Waals surface area contributed by atoms with Crippen molar-refractivity contribution < 1.29 is 14.0 Å². The van der Waals surface area contributed by atoms with Crippen LogP contribution in [0.3, 0.4) is 0 Å². The largest absolute Gasteiger partial charge is 0.339 e. The van der Waals surface area contributed by atoms with Gasteiger partial charge in [-0.3, -0.25) is 9.59 Å². The number of halogens is 1. The van der Waals surface area contributed by atoms with Crippen molar-refractivity contribution in [1.29, 1.82) is 0 Å². The van der Waals surface area contributed by atoms with Crippen LogP contribution in [0.25, 0.3) is 21.5 Å². The van der Waals surface area contributed by atoms with E-state index in [1.807, 2.05) is 12.1 Å². The van der Waals surface area contributed by atoms with Gasteiger partial charge in [-0.25, -0.2) is 24.3 Å². The molecule has 0 bridgehead atoms. The summed E-state index contributed by atoms with van der Waals surface area (Å²) in [6, 6.07) is 8.75. The van der Waals surface area contributed by atoms with Gasteiger partial charge < -0.3 is 15.1 Å². The summed E-state index contributed by atoms with van der Waals surface area (Å²) >= 11 is 1.47. The first-order valence-electron chi connectivity index (χ1n) is 10.6. The topological polar surface area (TPSA) is 104 Å². The van der Waals surface area contributed by atoms with E-state index in [2.05, 4.69) is 25.3 Å². The fraction of sp³-hybridized carbons (Fsp3) is 0.217. The van der Waals surface area contributed by atoms with Crippen LogP contribution < -0.4 is 5.32 Å². The van der Waals surface area contributed by atoms with Gasteiger partial charge in [0.15, 0.2) is 5.82 Å². The Morgan fingerprint density at radius 1 is 1.00 bits per heavy atom. The van der Waals surface area contributed by atoms with Gasteiger partial charge in [0.2, 0.25) is 11.9 Å². The number of carbonyl (C=O) groups excluding carboxylic acids is 2. The lowest BCUT2D eigenvalue weighted by molar-refractivity contribution is -0.130. The van der Waals surface area contributed by atoms with Crippen LogP contribution in [0, 0.1) is 5.82 Å². The monoisotopic (exact) mass is 477 g/mol. The molecular formula is C23H20FN7O2S. The lowest BCUT2D eigenvalue weighted by atomic mass is 10.1. The summed E-state index contributed by atoms with van der Waals surface area (Å²) in [5.74, 6) is -0.0465. The molecule has 9 nitrogen and oxygen atoms in total. The predicted molar refractivity (Wildman–Crippen MR) is 126 cm³/mol. The molecule has 0 saturated carbocycles. The van der Waals surface area contributed by atoms with Crippen molar-refractivity contribution >= 4 is 45.1 Å². The highest BCUT2D eigenvalue weighted by atomic mass is 32.1. The maximum absolute atomic E-state index is 14.5. The molecule has 1 fully saturated rings. The summed E-state index contributed by atoms with van der Waals surface area (Å²) in [7, 11) is 0. The van der Waals surface area contributed by atoms with Crippen LogP contribution in [-0.2, 0) is 4.79 Å². The number of nitrogens with one attached hydrogen (secondary N) is 1. The van der Waals surface area contributed by atoms with E-state index in [0.717, 1.165) is 16.4 Å². The molecule has 1 aliphatic heterocycles. The minimum absolute atomic E-state index is 0.0134. The highest BCUT2D eigenvalue weighted by Crippen LogP contribution is 2.27. The van der Waals surface area contributed by atoms with E-state index < -0.39 is 5.82 Å². The molecule has 0 aliphatic carbocycles. The quantitative estimate of drug-likeness (QED) is 0.481. The Hall–Kier alpha value is -3.99. The van der Waals surface area contributed by atoms with Gasteiger partial charge in [-0.2, -0.15) is 0 Å². The molecule has 5 rings (SSSR count). The Bertz CT molecular complexity index is 1370. The summed E-state index contributed by atoms with van der Waals surface area (Å²) in [4.78, 5) is 44.5. The fourth-order valence-corrected chi connectivity index (χ4v) is 4.46. The molecule has 0 unspecified atom stereocenters. The van der Waals surface area contributed by atoms with Crippen molar-refractivity contribution in [3.05, 3.63) is 59.6 Å². The number of hydrogen-bond donors (Lipinski definition) is 1. The van der Waals surface area contributed by atoms with Crippen molar-refractivity contribution in [2.45, 2.75) is 6.92 Å². The van der Waals surface area contributed by atoms with Crippen molar-refractivity contribution in [2.24, 2.45) is 0 Å². The first-order chi connectivity index (χ1) is 16.5. The van der Waals surface area contributed by atoms with Crippen LogP contribution in [0.4, 0.5) is 16.2 Å². The highest BCUT2D eigenvalue weighted by Gasteiger charge is 2.23. The number of carbonyl (C=O) groups is 2. The average molecular weight is 478 g/mol. The molecule has 4 heterocycles. The Kier molecular flexibility index (Phi) is 5.84. The molecule has 1 saturated heterocycles. The van der Waals surface area contributed by atoms with Gasteiger partial charge in [-0.05, 0) is 24.3 Å². The Morgan fingerprint density at radius 3 is 2.53 bits per heavy atom. The number of aromatic nitrogens is 4. The Morgan fingerprint density at radius 2 is 1.79 bits per heavy atom. The van der Waals surface area contributed by atoms with Crippen LogP contribution in [0.2, 0.25) is 0 Å². The van der Waals surface area contributed by atoms with Gasteiger partial charge in [-0.1, -0.05) is 6.07 Å². The molecule has 0 radical (unpaired) electrons. The third kappa shape index (κ3) is 4.42. The van der Waals surface area contributed by atoms with Gasteiger partial charge in [-0.15, -0.1) is 11.3 Å². The number of nitrogens with zero attached hydrogens (tertiary/aromatic N) is 6. The van der Waals surface area contributed by atoms with Gasteiger partial charge in [0.05, 0.1) is 27.5 Å². The van der Waals surface area contributed by atoms with Crippen LogP contribution in [0.15, 0.2) is 48.2 Å². The minimum atomic E-state index is -0.534. The zero-order valence-electron chi connectivity index (χ0n) is 18.2. The zero-order chi connectivity index (χ0) is 23.7. The number of hydrogen-bond acceptors (Lipinski definition) is 8. The molecule has 1 N–H and O–H groups in total. The van der Waals surface area contributed by atoms with E-state index >= 15 is 0 Å². The van der Waals surface area contributed by atoms with E-state index in [-0.39, 0.29) is 23.5 Å². The van der Waals surface area contributed by atoms with Crippen LogP contribution in [-0.4, -0.2) is 67.7 Å². The molecule has 172 valence electrons. The lowest BCUT2D eigenvalue weighted by Crippen LogP contribution is -2.50. The maximum atomic E-state index is 14.5. The van der Waals surface area contributed by atoms with Crippen molar-refractivity contribution in [3.63, 3.8) is 0 Å². The Balaban J connectivity index is 1.29. The number of rotatable bonds is 4. The second-order valence-corrected chi connectivity index (χ2v) is 8.67. The number of amides is 2. The second kappa shape index (κ2) is 9.10. The molecule has 11 heteroatoms. The molecule has 4 aromatic rings. The van der Waals surface area contributed by atoms with Crippen molar-refractivity contribution in [2.75, 3.05) is 31.5 Å². The summed E-state index contributed by atoms with van der Waals surface area (Å²) < 4.78 is 15.4. The van der Waals surface area contributed by atoms with Gasteiger partial charge >= 0.3 is 0 Å². The maximum Gasteiger partial charge on any atom is 0.255 e. The SMILES string of the molecule is CC(=O)N1CCN(C(=O)c2ccc(Nc3ncc(F)c(-c4ccc5ncsc5c4)n3)nc2)CC1. The lowest BCUT2D eigenvalue weighted by Gasteiger charge is -2.34. The van der Waals surface area contributed by atoms with Crippen molar-refractivity contribution in [1.82, 2.24) is 29.7 Å². The first kappa shape index (κ1) is 21.8. The predicted octanol–water partition coefficient (Wildman–Crippen LogP) is 3.34. The van der Waals surface area contributed by atoms with Crippen LogP contribution >= 0.6 is 11.3 Å². The number of piperazine rings is 1. The molecule has 3 aromatic heterocycles. The summed E-state index contributed by atoms with van der Waals surface area (Å²) in [6.07, 6.45) is 2.59. The summed E-state index contributed by atoms with van der Waals surface area (Å²) in [5.41, 5.74) is 3.83. The summed E-state index contributed by atoms with van der Waals surface area (Å²) in [5, 5.41) is 2.96. The molecule has 1 aliphatic rings. The second-order valence-electron chi connectivity index (χ2n) is 7.78. The van der Waals surface area contributed by atoms with Gasteiger partial charge in [0.1, 0.15) is 11.5 Å². The number of thiazole rings is 1. The molecular weight excluding hydrogens is 457 g/mol. The van der Waals surface area contributed by atoms with Crippen LogP contribution in [0.5, 0.6) is 0 Å². The van der Waals surface area contributed by atoms with E-state index in [0.29, 0.717) is 43.1 Å². The van der Waals surface area contributed by atoms with E-state index in [9.17, 15) is 14.0 Å².